The van der Waals surface area contributed by atoms with Gasteiger partial charge in [-0.1, -0.05) is 17.7 Å². The number of carbonyl (C=O) groups excluding carboxylic acids is 1. The molecule has 100 valence electrons. The summed E-state index contributed by atoms with van der Waals surface area (Å²) < 4.78 is 13.2. The molecular formula is C14H9ClFN3O. The molecule has 4 nitrogen and oxygen atoms in total. The minimum Gasteiger partial charge on any atom is -0.308 e. The highest BCUT2D eigenvalue weighted by Gasteiger charge is 2.06. The van der Waals surface area contributed by atoms with E-state index in [-0.39, 0.29) is 10.7 Å². The predicted octanol–water partition coefficient (Wildman–Crippen LogP) is 3.99. The summed E-state index contributed by atoms with van der Waals surface area (Å²) in [6, 6.07) is 11.8. The van der Waals surface area contributed by atoms with Crippen molar-refractivity contribution in [2.75, 3.05) is 10.6 Å². The molecule has 2 aromatic carbocycles. The van der Waals surface area contributed by atoms with Crippen LogP contribution < -0.4 is 10.6 Å². The smallest absolute Gasteiger partial charge is 0.308 e. The van der Waals surface area contributed by atoms with Crippen molar-refractivity contribution in [3.05, 3.63) is 58.9 Å². The summed E-state index contributed by atoms with van der Waals surface area (Å²) in [6.07, 6.45) is 0. The number of carbonyl (C=O) groups is 1. The lowest BCUT2D eigenvalue weighted by molar-refractivity contribution is 0.262. The van der Waals surface area contributed by atoms with Gasteiger partial charge in [0.05, 0.1) is 16.7 Å². The molecule has 2 amide bonds. The number of nitrogens with one attached hydrogen (secondary N) is 2. The lowest BCUT2D eigenvalue weighted by atomic mass is 10.2. The molecule has 20 heavy (non-hydrogen) atoms. The van der Waals surface area contributed by atoms with Crippen LogP contribution in [-0.4, -0.2) is 6.03 Å². The Morgan fingerprint density at radius 3 is 2.50 bits per heavy atom. The summed E-state index contributed by atoms with van der Waals surface area (Å²) >= 11 is 5.55. The highest BCUT2D eigenvalue weighted by atomic mass is 35.5. The third-order valence-corrected chi connectivity index (χ3v) is 2.73. The second kappa shape index (κ2) is 6.04. The average molecular weight is 290 g/mol. The zero-order valence-corrected chi connectivity index (χ0v) is 10.9. The molecule has 0 aliphatic carbocycles. The van der Waals surface area contributed by atoms with Gasteiger partial charge in [-0.15, -0.1) is 0 Å². The number of urea groups is 1. The van der Waals surface area contributed by atoms with E-state index in [1.165, 1.54) is 18.2 Å². The molecule has 0 atom stereocenters. The normalized spacial score (nSPS) is 9.65. The molecule has 0 bridgehead atoms. The topological polar surface area (TPSA) is 64.9 Å². The molecule has 0 unspecified atom stereocenters. The molecule has 0 saturated carbocycles. The number of halogens is 2. The van der Waals surface area contributed by atoms with E-state index in [4.69, 9.17) is 16.9 Å². The van der Waals surface area contributed by atoms with Gasteiger partial charge in [-0.3, -0.25) is 0 Å². The van der Waals surface area contributed by atoms with Crippen molar-refractivity contribution in [3.8, 4) is 6.07 Å². The predicted molar refractivity (Wildman–Crippen MR) is 75.2 cm³/mol. The van der Waals surface area contributed by atoms with Crippen molar-refractivity contribution in [1.82, 2.24) is 0 Å². The molecule has 0 aliphatic rings. The van der Waals surface area contributed by atoms with E-state index in [1.54, 1.807) is 18.2 Å². The maximum absolute atomic E-state index is 13.2. The SMILES string of the molecule is N#Cc1cccc(NC(=O)Nc2ccc(Cl)c(F)c2)c1. The van der Waals surface area contributed by atoms with E-state index in [1.807, 2.05) is 6.07 Å². The number of hydrogen-bond donors (Lipinski definition) is 2. The molecular weight excluding hydrogens is 281 g/mol. The quantitative estimate of drug-likeness (QED) is 0.878. The standard InChI is InChI=1S/C14H9ClFN3O/c15-12-5-4-11(7-13(12)16)19-14(20)18-10-3-1-2-9(6-10)8-17/h1-7H,(H2,18,19,20). The fourth-order valence-electron chi connectivity index (χ4n) is 1.53. The first-order chi connectivity index (χ1) is 9.58. The van der Waals surface area contributed by atoms with Crippen LogP contribution >= 0.6 is 11.6 Å². The number of nitriles is 1. The monoisotopic (exact) mass is 289 g/mol. The van der Waals surface area contributed by atoms with Crippen LogP contribution in [0.3, 0.4) is 0 Å². The van der Waals surface area contributed by atoms with Crippen molar-refractivity contribution >= 4 is 29.0 Å². The minimum absolute atomic E-state index is 0.0160. The van der Waals surface area contributed by atoms with Crippen molar-refractivity contribution < 1.29 is 9.18 Å². The average Bonchev–Trinajstić information content (AvgIpc) is 2.43. The molecule has 2 aromatic rings. The minimum atomic E-state index is -0.615. The Labute approximate surface area is 119 Å². The number of benzene rings is 2. The van der Waals surface area contributed by atoms with Crippen LogP contribution in [0.15, 0.2) is 42.5 Å². The third-order valence-electron chi connectivity index (χ3n) is 2.43. The van der Waals surface area contributed by atoms with Crippen molar-refractivity contribution in [1.29, 1.82) is 5.26 Å². The molecule has 6 heteroatoms. The van der Waals surface area contributed by atoms with Crippen LogP contribution in [0, 0.1) is 17.1 Å². The Bertz CT molecular complexity index is 697. The van der Waals surface area contributed by atoms with E-state index >= 15 is 0 Å². The van der Waals surface area contributed by atoms with E-state index in [0.29, 0.717) is 11.3 Å². The summed E-state index contributed by atoms with van der Waals surface area (Å²) in [6.45, 7) is 0. The molecule has 2 rings (SSSR count). The van der Waals surface area contributed by atoms with Gasteiger partial charge in [0.15, 0.2) is 0 Å². The number of nitrogens with zero attached hydrogens (tertiary/aromatic N) is 1. The Morgan fingerprint density at radius 1 is 1.15 bits per heavy atom. The van der Waals surface area contributed by atoms with Crippen molar-refractivity contribution in [2.45, 2.75) is 0 Å². The number of hydrogen-bond acceptors (Lipinski definition) is 2. The van der Waals surface area contributed by atoms with Crippen LogP contribution in [0.4, 0.5) is 20.6 Å². The van der Waals surface area contributed by atoms with E-state index in [2.05, 4.69) is 10.6 Å². The fraction of sp³-hybridized carbons (Fsp3) is 0. The van der Waals surface area contributed by atoms with E-state index in [9.17, 15) is 9.18 Å². The maximum Gasteiger partial charge on any atom is 0.323 e. The van der Waals surface area contributed by atoms with Crippen molar-refractivity contribution in [3.63, 3.8) is 0 Å². The first-order valence-corrected chi connectivity index (χ1v) is 5.99. The fourth-order valence-corrected chi connectivity index (χ4v) is 1.65. The zero-order valence-electron chi connectivity index (χ0n) is 10.2. The van der Waals surface area contributed by atoms with Gasteiger partial charge in [0.25, 0.3) is 0 Å². The molecule has 0 fully saturated rings. The first kappa shape index (κ1) is 13.8. The Kier molecular flexibility index (Phi) is 4.18. The lowest BCUT2D eigenvalue weighted by Crippen LogP contribution is -2.19. The Balaban J connectivity index is 2.05. The van der Waals surface area contributed by atoms with Crippen LogP contribution in [0.1, 0.15) is 5.56 Å². The largest absolute Gasteiger partial charge is 0.323 e. The molecule has 0 heterocycles. The number of rotatable bonds is 2. The summed E-state index contributed by atoms with van der Waals surface area (Å²) in [4.78, 5) is 11.7. The van der Waals surface area contributed by atoms with Gasteiger partial charge in [0, 0.05) is 11.4 Å². The first-order valence-electron chi connectivity index (χ1n) is 5.62. The van der Waals surface area contributed by atoms with Gasteiger partial charge in [0.1, 0.15) is 5.82 Å². The number of anilines is 2. The zero-order chi connectivity index (χ0) is 14.5. The molecule has 0 aromatic heterocycles. The van der Waals surface area contributed by atoms with Gasteiger partial charge < -0.3 is 10.6 Å². The van der Waals surface area contributed by atoms with Gasteiger partial charge >= 0.3 is 6.03 Å². The summed E-state index contributed by atoms with van der Waals surface area (Å²) in [5.74, 6) is -0.615. The Morgan fingerprint density at radius 2 is 1.85 bits per heavy atom. The van der Waals surface area contributed by atoms with Crippen LogP contribution in [0.5, 0.6) is 0 Å². The van der Waals surface area contributed by atoms with Gasteiger partial charge in [-0.05, 0) is 36.4 Å². The van der Waals surface area contributed by atoms with E-state index in [0.717, 1.165) is 6.07 Å². The Hall–Kier alpha value is -2.58. The lowest BCUT2D eigenvalue weighted by Gasteiger charge is -2.08. The van der Waals surface area contributed by atoms with Crippen LogP contribution in [0.25, 0.3) is 0 Å². The van der Waals surface area contributed by atoms with Gasteiger partial charge in [0.2, 0.25) is 0 Å². The third kappa shape index (κ3) is 3.46. The van der Waals surface area contributed by atoms with Crippen molar-refractivity contribution in [2.24, 2.45) is 0 Å². The second-order valence-corrected chi connectivity index (χ2v) is 4.31. The molecule has 0 radical (unpaired) electrons. The second-order valence-electron chi connectivity index (χ2n) is 3.90. The molecule has 0 saturated heterocycles. The highest BCUT2D eigenvalue weighted by molar-refractivity contribution is 6.30. The maximum atomic E-state index is 13.2. The van der Waals surface area contributed by atoms with Crippen LogP contribution in [-0.2, 0) is 0 Å². The number of amides is 2. The van der Waals surface area contributed by atoms with Crippen LogP contribution in [0.2, 0.25) is 5.02 Å². The molecule has 0 spiro atoms. The van der Waals surface area contributed by atoms with Gasteiger partial charge in [-0.2, -0.15) is 5.26 Å². The van der Waals surface area contributed by atoms with Gasteiger partial charge in [-0.25, -0.2) is 9.18 Å². The summed E-state index contributed by atoms with van der Waals surface area (Å²) in [5.41, 5.74) is 1.18. The van der Waals surface area contributed by atoms with E-state index < -0.39 is 11.8 Å². The summed E-state index contributed by atoms with van der Waals surface area (Å²) in [7, 11) is 0. The highest BCUT2D eigenvalue weighted by Crippen LogP contribution is 2.19. The summed E-state index contributed by atoms with van der Waals surface area (Å²) in [5, 5.41) is 13.7. The molecule has 2 N–H and O–H groups in total. The molecule has 0 aliphatic heterocycles.